The molecular formula is C15H16FNOS. The topological polar surface area (TPSA) is 29.1 Å². The Morgan fingerprint density at radius 2 is 2.21 bits per heavy atom. The van der Waals surface area contributed by atoms with E-state index in [0.717, 1.165) is 12.0 Å². The van der Waals surface area contributed by atoms with Gasteiger partial charge in [0, 0.05) is 17.8 Å². The van der Waals surface area contributed by atoms with Gasteiger partial charge < -0.3 is 5.32 Å². The molecule has 0 fully saturated rings. The first-order chi connectivity index (χ1) is 9.15. The number of rotatable bonds is 5. The summed E-state index contributed by atoms with van der Waals surface area (Å²) in [5.41, 5.74) is 1.40. The number of carbonyl (C=O) groups excluding carboxylic acids is 1. The molecule has 0 unspecified atom stereocenters. The molecular weight excluding hydrogens is 261 g/mol. The maximum atomic E-state index is 13.3. The monoisotopic (exact) mass is 277 g/mol. The van der Waals surface area contributed by atoms with E-state index in [1.165, 1.54) is 10.9 Å². The molecule has 1 aromatic heterocycles. The van der Waals surface area contributed by atoms with Crippen LogP contribution in [0.15, 0.2) is 35.7 Å². The number of halogens is 1. The Bertz CT molecular complexity index is 551. The summed E-state index contributed by atoms with van der Waals surface area (Å²) >= 11 is 1.65. The van der Waals surface area contributed by atoms with Crippen molar-refractivity contribution in [3.63, 3.8) is 0 Å². The molecule has 1 N–H and O–H groups in total. The zero-order valence-corrected chi connectivity index (χ0v) is 11.6. The SMILES string of the molecule is Cc1ccc(CNC(=O)CCc2cccs2)cc1F. The van der Waals surface area contributed by atoms with Crippen LogP contribution in [-0.2, 0) is 17.8 Å². The fraction of sp³-hybridized carbons (Fsp3) is 0.267. The highest BCUT2D eigenvalue weighted by Crippen LogP contribution is 2.11. The summed E-state index contributed by atoms with van der Waals surface area (Å²) in [4.78, 5) is 12.9. The first-order valence-electron chi connectivity index (χ1n) is 6.19. The smallest absolute Gasteiger partial charge is 0.220 e. The van der Waals surface area contributed by atoms with Crippen molar-refractivity contribution in [2.24, 2.45) is 0 Å². The van der Waals surface area contributed by atoms with Crippen molar-refractivity contribution in [2.45, 2.75) is 26.3 Å². The van der Waals surface area contributed by atoms with E-state index in [1.807, 2.05) is 23.6 Å². The summed E-state index contributed by atoms with van der Waals surface area (Å²) in [6, 6.07) is 9.02. The van der Waals surface area contributed by atoms with Gasteiger partial charge in [-0.1, -0.05) is 18.2 Å². The van der Waals surface area contributed by atoms with Crippen molar-refractivity contribution in [2.75, 3.05) is 0 Å². The largest absolute Gasteiger partial charge is 0.352 e. The Hall–Kier alpha value is -1.68. The number of hydrogen-bond acceptors (Lipinski definition) is 2. The van der Waals surface area contributed by atoms with Crippen LogP contribution in [0.4, 0.5) is 4.39 Å². The van der Waals surface area contributed by atoms with Gasteiger partial charge in [0.05, 0.1) is 0 Å². The quantitative estimate of drug-likeness (QED) is 0.891. The third-order valence-electron chi connectivity index (χ3n) is 2.90. The molecule has 1 heterocycles. The molecule has 100 valence electrons. The van der Waals surface area contributed by atoms with Crippen molar-refractivity contribution < 1.29 is 9.18 Å². The van der Waals surface area contributed by atoms with E-state index in [4.69, 9.17) is 0 Å². The van der Waals surface area contributed by atoms with E-state index < -0.39 is 0 Å². The Labute approximate surface area is 116 Å². The van der Waals surface area contributed by atoms with E-state index in [0.29, 0.717) is 18.5 Å². The molecule has 0 saturated carbocycles. The normalized spacial score (nSPS) is 10.4. The van der Waals surface area contributed by atoms with Crippen molar-refractivity contribution in [1.29, 1.82) is 0 Å². The van der Waals surface area contributed by atoms with Crippen molar-refractivity contribution in [3.8, 4) is 0 Å². The summed E-state index contributed by atoms with van der Waals surface area (Å²) in [6.45, 7) is 2.10. The minimum atomic E-state index is -0.231. The lowest BCUT2D eigenvalue weighted by atomic mass is 10.1. The highest BCUT2D eigenvalue weighted by molar-refractivity contribution is 7.09. The highest BCUT2D eigenvalue weighted by atomic mass is 32.1. The van der Waals surface area contributed by atoms with Gasteiger partial charge in [-0.15, -0.1) is 11.3 Å². The average molecular weight is 277 g/mol. The van der Waals surface area contributed by atoms with Crippen molar-refractivity contribution in [3.05, 3.63) is 57.5 Å². The molecule has 2 rings (SSSR count). The van der Waals surface area contributed by atoms with Crippen LogP contribution in [0, 0.1) is 12.7 Å². The standard InChI is InChI=1S/C15H16FNOS/c1-11-4-5-12(9-14(11)16)10-17-15(18)7-6-13-3-2-8-19-13/h2-5,8-9H,6-7,10H2,1H3,(H,17,18). The number of amides is 1. The second-order valence-corrected chi connectivity index (χ2v) is 5.47. The molecule has 2 nitrogen and oxygen atoms in total. The zero-order chi connectivity index (χ0) is 13.7. The van der Waals surface area contributed by atoms with Crippen LogP contribution in [-0.4, -0.2) is 5.91 Å². The maximum absolute atomic E-state index is 13.3. The number of nitrogens with one attached hydrogen (secondary N) is 1. The molecule has 19 heavy (non-hydrogen) atoms. The lowest BCUT2D eigenvalue weighted by molar-refractivity contribution is -0.121. The second kappa shape index (κ2) is 6.48. The third-order valence-corrected chi connectivity index (χ3v) is 3.84. The Balaban J connectivity index is 1.78. The molecule has 0 atom stereocenters. The predicted octanol–water partition coefficient (Wildman–Crippen LogP) is 3.44. The molecule has 0 radical (unpaired) electrons. The minimum absolute atomic E-state index is 0.00520. The Morgan fingerprint density at radius 1 is 1.37 bits per heavy atom. The summed E-state index contributed by atoms with van der Waals surface area (Å²) in [6.07, 6.45) is 1.22. The molecule has 0 saturated heterocycles. The van der Waals surface area contributed by atoms with Crippen LogP contribution in [0.2, 0.25) is 0 Å². The van der Waals surface area contributed by atoms with E-state index in [2.05, 4.69) is 5.32 Å². The summed E-state index contributed by atoms with van der Waals surface area (Å²) < 4.78 is 13.3. The molecule has 1 aromatic carbocycles. The van der Waals surface area contributed by atoms with Gasteiger partial charge in [0.25, 0.3) is 0 Å². The lowest BCUT2D eigenvalue weighted by Crippen LogP contribution is -2.22. The van der Waals surface area contributed by atoms with Crippen LogP contribution >= 0.6 is 11.3 Å². The van der Waals surface area contributed by atoms with Gasteiger partial charge in [-0.25, -0.2) is 4.39 Å². The van der Waals surface area contributed by atoms with Gasteiger partial charge in [0.2, 0.25) is 5.91 Å². The first-order valence-corrected chi connectivity index (χ1v) is 7.07. The van der Waals surface area contributed by atoms with Gasteiger partial charge in [0.1, 0.15) is 5.82 Å². The van der Waals surface area contributed by atoms with Gasteiger partial charge in [-0.2, -0.15) is 0 Å². The molecule has 0 bridgehead atoms. The van der Waals surface area contributed by atoms with Crippen molar-refractivity contribution >= 4 is 17.2 Å². The molecule has 1 amide bonds. The summed E-state index contributed by atoms with van der Waals surface area (Å²) in [5, 5.41) is 4.81. The summed E-state index contributed by atoms with van der Waals surface area (Å²) in [5.74, 6) is -0.236. The number of benzene rings is 1. The second-order valence-electron chi connectivity index (χ2n) is 4.44. The third kappa shape index (κ3) is 4.17. The number of aryl methyl sites for hydroxylation is 2. The number of thiophene rings is 1. The highest BCUT2D eigenvalue weighted by Gasteiger charge is 2.04. The van der Waals surface area contributed by atoms with E-state index >= 15 is 0 Å². The van der Waals surface area contributed by atoms with Crippen LogP contribution < -0.4 is 5.32 Å². The zero-order valence-electron chi connectivity index (χ0n) is 10.8. The molecule has 0 aliphatic carbocycles. The van der Waals surface area contributed by atoms with E-state index in [-0.39, 0.29) is 11.7 Å². The fourth-order valence-electron chi connectivity index (χ4n) is 1.73. The molecule has 2 aromatic rings. The molecule has 0 aliphatic rings. The van der Waals surface area contributed by atoms with Gasteiger partial charge >= 0.3 is 0 Å². The molecule has 4 heteroatoms. The van der Waals surface area contributed by atoms with Gasteiger partial charge in [0.15, 0.2) is 0 Å². The van der Waals surface area contributed by atoms with Crippen molar-refractivity contribution in [1.82, 2.24) is 5.32 Å². The molecule has 0 spiro atoms. The summed E-state index contributed by atoms with van der Waals surface area (Å²) in [7, 11) is 0. The van der Waals surface area contributed by atoms with Gasteiger partial charge in [-0.05, 0) is 42.0 Å². The first kappa shape index (κ1) is 13.7. The Kier molecular flexibility index (Phi) is 4.68. The predicted molar refractivity (Wildman–Crippen MR) is 75.6 cm³/mol. The minimum Gasteiger partial charge on any atom is -0.352 e. The fourth-order valence-corrected chi connectivity index (χ4v) is 2.44. The van der Waals surface area contributed by atoms with E-state index in [1.54, 1.807) is 24.3 Å². The number of hydrogen-bond donors (Lipinski definition) is 1. The maximum Gasteiger partial charge on any atom is 0.220 e. The number of carbonyl (C=O) groups is 1. The molecule has 0 aliphatic heterocycles. The van der Waals surface area contributed by atoms with Crippen LogP contribution in [0.5, 0.6) is 0 Å². The van der Waals surface area contributed by atoms with E-state index in [9.17, 15) is 9.18 Å². The average Bonchev–Trinajstić information content (AvgIpc) is 2.91. The van der Waals surface area contributed by atoms with Crippen LogP contribution in [0.1, 0.15) is 22.4 Å². The lowest BCUT2D eigenvalue weighted by Gasteiger charge is -2.06. The Morgan fingerprint density at radius 3 is 2.89 bits per heavy atom. The van der Waals surface area contributed by atoms with Gasteiger partial charge in [-0.3, -0.25) is 4.79 Å². The van der Waals surface area contributed by atoms with Crippen LogP contribution in [0.25, 0.3) is 0 Å². The van der Waals surface area contributed by atoms with Crippen LogP contribution in [0.3, 0.4) is 0 Å².